The van der Waals surface area contributed by atoms with E-state index in [4.69, 9.17) is 12.2 Å². The van der Waals surface area contributed by atoms with E-state index >= 15 is 0 Å². The van der Waals surface area contributed by atoms with Crippen molar-refractivity contribution < 1.29 is 9.90 Å². The van der Waals surface area contributed by atoms with Crippen LogP contribution in [0.1, 0.15) is 51.9 Å². The fourth-order valence-electron chi connectivity index (χ4n) is 2.12. The molecule has 1 aromatic carbocycles. The maximum absolute atomic E-state index is 11.7. The number of hydrogen-bond acceptors (Lipinski definition) is 3. The van der Waals surface area contributed by atoms with E-state index in [-0.39, 0.29) is 12.3 Å². The van der Waals surface area contributed by atoms with E-state index < -0.39 is 6.10 Å². The van der Waals surface area contributed by atoms with Gasteiger partial charge in [0.2, 0.25) is 5.91 Å². The number of aliphatic hydroxyl groups excluding tert-OH is 1. The van der Waals surface area contributed by atoms with E-state index in [1.807, 2.05) is 30.3 Å². The summed E-state index contributed by atoms with van der Waals surface area (Å²) in [6, 6.07) is 9.46. The summed E-state index contributed by atoms with van der Waals surface area (Å²) in [6.07, 6.45) is 5.63. The molecule has 4 N–H and O–H groups in total. The van der Waals surface area contributed by atoms with E-state index in [0.717, 1.165) is 24.9 Å². The molecule has 0 aliphatic heterocycles. The van der Waals surface area contributed by atoms with Gasteiger partial charge < -0.3 is 10.4 Å². The predicted octanol–water partition coefficient (Wildman–Crippen LogP) is 3.12. The van der Waals surface area contributed by atoms with Gasteiger partial charge in [0.05, 0.1) is 6.10 Å². The van der Waals surface area contributed by atoms with Gasteiger partial charge in [-0.15, -0.1) is 0 Å². The summed E-state index contributed by atoms with van der Waals surface area (Å²) in [5.41, 5.74) is 6.03. The lowest BCUT2D eigenvalue weighted by Gasteiger charge is -2.13. The van der Waals surface area contributed by atoms with Crippen molar-refractivity contribution in [3.8, 4) is 0 Å². The molecule has 0 aliphatic carbocycles. The summed E-state index contributed by atoms with van der Waals surface area (Å²) >= 11 is 5.09. The predicted molar refractivity (Wildman–Crippen MR) is 97.9 cm³/mol. The van der Waals surface area contributed by atoms with Crippen LogP contribution in [0.5, 0.6) is 0 Å². The maximum atomic E-state index is 11.7. The normalized spacial score (nSPS) is 11.6. The van der Waals surface area contributed by atoms with Gasteiger partial charge in [-0.2, -0.15) is 0 Å². The molecule has 1 amide bonds. The zero-order valence-electron chi connectivity index (χ0n) is 13.7. The first-order valence-corrected chi connectivity index (χ1v) is 8.61. The Morgan fingerprint density at radius 1 is 1.13 bits per heavy atom. The Hall–Kier alpha value is -1.66. The van der Waals surface area contributed by atoms with Crippen LogP contribution in [0.2, 0.25) is 0 Å². The van der Waals surface area contributed by atoms with Gasteiger partial charge in [0.15, 0.2) is 5.11 Å². The average Bonchev–Trinajstić information content (AvgIpc) is 2.56. The number of benzene rings is 1. The van der Waals surface area contributed by atoms with Crippen molar-refractivity contribution in [2.24, 2.45) is 0 Å². The summed E-state index contributed by atoms with van der Waals surface area (Å²) in [5.74, 6) is -0.185. The van der Waals surface area contributed by atoms with Gasteiger partial charge >= 0.3 is 0 Å². The molecule has 128 valence electrons. The topological polar surface area (TPSA) is 73.4 Å². The zero-order chi connectivity index (χ0) is 16.9. The molecular formula is C17H27N3O2S. The Morgan fingerprint density at radius 3 is 2.57 bits per heavy atom. The average molecular weight is 337 g/mol. The van der Waals surface area contributed by atoms with Gasteiger partial charge in [-0.05, 0) is 37.2 Å². The molecule has 0 spiro atoms. The molecule has 1 aromatic rings. The summed E-state index contributed by atoms with van der Waals surface area (Å²) in [5, 5.41) is 13.1. The minimum atomic E-state index is -0.410. The van der Waals surface area contributed by atoms with E-state index in [2.05, 4.69) is 23.1 Å². The van der Waals surface area contributed by atoms with Crippen molar-refractivity contribution in [1.29, 1.82) is 0 Å². The number of nitrogens with one attached hydrogen (secondary N) is 3. The number of hydrazine groups is 1. The van der Waals surface area contributed by atoms with E-state index in [9.17, 15) is 9.90 Å². The second-order valence-electron chi connectivity index (χ2n) is 5.54. The monoisotopic (exact) mass is 337 g/mol. The molecule has 0 aromatic heterocycles. The van der Waals surface area contributed by atoms with Crippen molar-refractivity contribution in [2.75, 3.05) is 5.32 Å². The Bertz CT molecular complexity index is 468. The Kier molecular flexibility index (Phi) is 9.99. The highest BCUT2D eigenvalue weighted by atomic mass is 32.1. The van der Waals surface area contributed by atoms with E-state index in [0.29, 0.717) is 11.5 Å². The fraction of sp³-hybridized carbons (Fsp3) is 0.529. The molecule has 0 fully saturated rings. The smallest absolute Gasteiger partial charge is 0.238 e. The van der Waals surface area contributed by atoms with Crippen molar-refractivity contribution in [1.82, 2.24) is 10.9 Å². The molecule has 0 saturated heterocycles. The summed E-state index contributed by atoms with van der Waals surface area (Å²) in [4.78, 5) is 11.7. The van der Waals surface area contributed by atoms with Crippen LogP contribution in [0.25, 0.3) is 0 Å². The summed E-state index contributed by atoms with van der Waals surface area (Å²) < 4.78 is 0. The Balaban J connectivity index is 2.10. The third-order valence-corrected chi connectivity index (χ3v) is 3.65. The number of para-hydroxylation sites is 1. The van der Waals surface area contributed by atoms with Crippen molar-refractivity contribution >= 4 is 28.9 Å². The first-order valence-electron chi connectivity index (χ1n) is 8.20. The maximum Gasteiger partial charge on any atom is 0.238 e. The van der Waals surface area contributed by atoms with Crippen molar-refractivity contribution in [3.63, 3.8) is 0 Å². The van der Waals surface area contributed by atoms with Crippen molar-refractivity contribution in [2.45, 2.75) is 58.0 Å². The number of hydrogen-bond donors (Lipinski definition) is 4. The number of rotatable bonds is 9. The molecule has 1 unspecified atom stereocenters. The molecule has 23 heavy (non-hydrogen) atoms. The van der Waals surface area contributed by atoms with Crippen LogP contribution in [0.3, 0.4) is 0 Å². The molecule has 6 heteroatoms. The second-order valence-corrected chi connectivity index (χ2v) is 5.94. The lowest BCUT2D eigenvalue weighted by molar-refractivity contribution is -0.122. The van der Waals surface area contributed by atoms with Crippen LogP contribution in [-0.2, 0) is 4.79 Å². The number of thiocarbonyl (C=S) groups is 1. The molecule has 5 nitrogen and oxygen atoms in total. The first kappa shape index (κ1) is 19.4. The SMILES string of the molecule is CCCCCCC(O)CCC(=O)NNC(=S)Nc1ccccc1. The minimum Gasteiger partial charge on any atom is -0.393 e. The van der Waals surface area contributed by atoms with Gasteiger partial charge in [-0.3, -0.25) is 15.6 Å². The number of amides is 1. The highest BCUT2D eigenvalue weighted by Crippen LogP contribution is 2.09. The first-order chi connectivity index (χ1) is 11.1. The van der Waals surface area contributed by atoms with Crippen LogP contribution < -0.4 is 16.2 Å². The van der Waals surface area contributed by atoms with E-state index in [1.54, 1.807) is 0 Å². The Labute approximate surface area is 143 Å². The van der Waals surface area contributed by atoms with E-state index in [1.165, 1.54) is 12.8 Å². The van der Waals surface area contributed by atoms with Crippen molar-refractivity contribution in [3.05, 3.63) is 30.3 Å². The van der Waals surface area contributed by atoms with Gasteiger partial charge in [0.25, 0.3) is 0 Å². The minimum absolute atomic E-state index is 0.185. The van der Waals surface area contributed by atoms with Crippen LogP contribution in [-0.4, -0.2) is 22.2 Å². The van der Waals surface area contributed by atoms with Crippen LogP contribution in [0, 0.1) is 0 Å². The molecule has 0 radical (unpaired) electrons. The van der Waals surface area contributed by atoms with Crippen LogP contribution in [0.4, 0.5) is 5.69 Å². The number of unbranched alkanes of at least 4 members (excludes halogenated alkanes) is 3. The summed E-state index contributed by atoms with van der Waals surface area (Å²) in [7, 11) is 0. The molecular weight excluding hydrogens is 310 g/mol. The lowest BCUT2D eigenvalue weighted by atomic mass is 10.1. The molecule has 0 bridgehead atoms. The Morgan fingerprint density at radius 2 is 1.87 bits per heavy atom. The van der Waals surface area contributed by atoms with Gasteiger partial charge in [-0.1, -0.05) is 50.8 Å². The third-order valence-electron chi connectivity index (χ3n) is 3.44. The number of carbonyl (C=O) groups excluding carboxylic acids is 1. The highest BCUT2D eigenvalue weighted by molar-refractivity contribution is 7.80. The van der Waals surface area contributed by atoms with Crippen LogP contribution >= 0.6 is 12.2 Å². The number of aliphatic hydroxyl groups is 1. The third kappa shape index (κ3) is 9.86. The van der Waals surface area contributed by atoms with Gasteiger partial charge in [0, 0.05) is 12.1 Å². The quantitative estimate of drug-likeness (QED) is 0.316. The standard InChI is InChI=1S/C17H27N3O2S/c1-2-3-4-8-11-15(21)12-13-16(22)19-20-17(23)18-14-9-6-5-7-10-14/h5-7,9-10,15,21H,2-4,8,11-13H2,1H3,(H,19,22)(H2,18,20,23). The van der Waals surface area contributed by atoms with Crippen LogP contribution in [0.15, 0.2) is 30.3 Å². The number of carbonyl (C=O) groups is 1. The summed E-state index contributed by atoms with van der Waals surface area (Å²) in [6.45, 7) is 2.16. The molecule has 0 heterocycles. The number of anilines is 1. The lowest BCUT2D eigenvalue weighted by Crippen LogP contribution is -2.43. The van der Waals surface area contributed by atoms with Gasteiger partial charge in [-0.25, -0.2) is 0 Å². The molecule has 0 saturated carbocycles. The largest absolute Gasteiger partial charge is 0.393 e. The zero-order valence-corrected chi connectivity index (χ0v) is 14.5. The highest BCUT2D eigenvalue weighted by Gasteiger charge is 2.08. The molecule has 0 aliphatic rings. The van der Waals surface area contributed by atoms with Gasteiger partial charge in [0.1, 0.15) is 0 Å². The fourth-order valence-corrected chi connectivity index (χ4v) is 2.29. The molecule has 1 atom stereocenters. The molecule has 1 rings (SSSR count). The second kappa shape index (κ2) is 11.8.